The van der Waals surface area contributed by atoms with Gasteiger partial charge in [0.1, 0.15) is 5.82 Å². The molecule has 0 radical (unpaired) electrons. The van der Waals surface area contributed by atoms with Crippen LogP contribution in [0, 0.1) is 5.82 Å². The van der Waals surface area contributed by atoms with Gasteiger partial charge in [-0.2, -0.15) is 0 Å². The van der Waals surface area contributed by atoms with Gasteiger partial charge in [0.25, 0.3) is 0 Å². The Kier molecular flexibility index (Phi) is 4.16. The van der Waals surface area contributed by atoms with Crippen LogP contribution in [0.4, 0.5) is 10.1 Å². The monoisotopic (exact) mass is 323 g/mol. The van der Waals surface area contributed by atoms with E-state index < -0.39 is 11.8 Å². The zero-order chi connectivity index (χ0) is 13.8. The quantitative estimate of drug-likeness (QED) is 0.897. The van der Waals surface area contributed by atoms with Crippen molar-refractivity contribution in [1.29, 1.82) is 0 Å². The summed E-state index contributed by atoms with van der Waals surface area (Å²) < 4.78 is 14.1. The number of rotatable bonds is 4. The first-order chi connectivity index (χ1) is 9.08. The van der Waals surface area contributed by atoms with Gasteiger partial charge in [-0.15, -0.1) is 0 Å². The largest absolute Gasteiger partial charge is 0.478 e. The first-order valence-corrected chi connectivity index (χ1v) is 6.37. The molecule has 0 unspecified atom stereocenters. The molecule has 2 aromatic rings. The van der Waals surface area contributed by atoms with E-state index in [1.165, 1.54) is 6.07 Å². The summed E-state index contributed by atoms with van der Waals surface area (Å²) in [5, 5.41) is 11.8. The summed E-state index contributed by atoms with van der Waals surface area (Å²) in [6.45, 7) is 0.469. The van der Waals surface area contributed by atoms with Crippen molar-refractivity contribution in [3.05, 3.63) is 63.9 Å². The van der Waals surface area contributed by atoms with Gasteiger partial charge in [-0.3, -0.25) is 0 Å². The molecule has 0 saturated carbocycles. The highest BCUT2D eigenvalue weighted by atomic mass is 79.9. The molecule has 0 aliphatic heterocycles. The third kappa shape index (κ3) is 3.32. The minimum atomic E-state index is -1.17. The highest BCUT2D eigenvalue weighted by Crippen LogP contribution is 2.25. The van der Waals surface area contributed by atoms with Crippen molar-refractivity contribution in [1.82, 2.24) is 0 Å². The van der Waals surface area contributed by atoms with Crippen molar-refractivity contribution in [2.75, 3.05) is 5.32 Å². The van der Waals surface area contributed by atoms with Crippen molar-refractivity contribution in [2.24, 2.45) is 0 Å². The second-order valence-electron chi connectivity index (χ2n) is 3.96. The number of carboxylic acids is 1. The number of hydrogen-bond acceptors (Lipinski definition) is 2. The average Bonchev–Trinajstić information content (AvgIpc) is 2.40. The normalized spacial score (nSPS) is 10.2. The third-order valence-electron chi connectivity index (χ3n) is 2.61. The predicted octanol–water partition coefficient (Wildman–Crippen LogP) is 3.90. The Morgan fingerprint density at radius 1 is 1.26 bits per heavy atom. The molecule has 0 bridgehead atoms. The number of carbonyl (C=O) groups is 1. The number of hydrogen-bond donors (Lipinski definition) is 2. The van der Waals surface area contributed by atoms with Crippen LogP contribution in [0.15, 0.2) is 46.9 Å². The number of carboxylic acid groups (broad SMARTS) is 1. The number of halogens is 2. The summed E-state index contributed by atoms with van der Waals surface area (Å²) in [6, 6.07) is 12.0. The summed E-state index contributed by atoms with van der Waals surface area (Å²) in [4.78, 5) is 10.8. The van der Waals surface area contributed by atoms with Crippen LogP contribution < -0.4 is 5.32 Å². The molecule has 0 fully saturated rings. The minimum Gasteiger partial charge on any atom is -0.478 e. The molecule has 0 aliphatic carbocycles. The Bertz CT molecular complexity index is 602. The van der Waals surface area contributed by atoms with Gasteiger partial charge in [0.05, 0.1) is 11.3 Å². The zero-order valence-corrected chi connectivity index (χ0v) is 11.4. The number of nitrogens with one attached hydrogen (secondary N) is 1. The van der Waals surface area contributed by atoms with E-state index in [0.29, 0.717) is 11.0 Å². The number of aromatic carboxylic acids is 1. The lowest BCUT2D eigenvalue weighted by atomic mass is 10.2. The molecular formula is C14H11BrFNO2. The van der Waals surface area contributed by atoms with E-state index in [0.717, 1.165) is 11.6 Å². The van der Waals surface area contributed by atoms with E-state index in [9.17, 15) is 9.18 Å². The van der Waals surface area contributed by atoms with E-state index in [2.05, 4.69) is 21.2 Å². The molecule has 98 valence electrons. The Hall–Kier alpha value is -1.88. The van der Waals surface area contributed by atoms with Crippen LogP contribution in [0.1, 0.15) is 15.9 Å². The average molecular weight is 324 g/mol. The number of anilines is 1. The van der Waals surface area contributed by atoms with Crippen molar-refractivity contribution in [2.45, 2.75) is 6.54 Å². The molecule has 19 heavy (non-hydrogen) atoms. The molecule has 2 aromatic carbocycles. The van der Waals surface area contributed by atoms with Crippen LogP contribution >= 0.6 is 15.9 Å². The lowest BCUT2D eigenvalue weighted by Gasteiger charge is -2.09. The van der Waals surface area contributed by atoms with Crippen molar-refractivity contribution >= 4 is 27.6 Å². The molecule has 0 heterocycles. The molecule has 0 atom stereocenters. The van der Waals surface area contributed by atoms with Gasteiger partial charge in [0.2, 0.25) is 0 Å². The van der Waals surface area contributed by atoms with Crippen molar-refractivity contribution in [3.63, 3.8) is 0 Å². The fourth-order valence-corrected chi connectivity index (χ4v) is 2.15. The standard InChI is InChI=1S/C14H11BrFNO2/c15-11-7-13(12(16)6-10(11)14(18)19)17-8-9-4-2-1-3-5-9/h1-7,17H,8H2,(H,18,19). The van der Waals surface area contributed by atoms with E-state index in [-0.39, 0.29) is 11.3 Å². The van der Waals surface area contributed by atoms with Gasteiger partial charge in [0, 0.05) is 11.0 Å². The van der Waals surface area contributed by atoms with Crippen LogP contribution in [0.2, 0.25) is 0 Å². The van der Waals surface area contributed by atoms with E-state index in [1.54, 1.807) is 0 Å². The zero-order valence-electron chi connectivity index (χ0n) is 9.86. The van der Waals surface area contributed by atoms with E-state index in [1.807, 2.05) is 30.3 Å². The minimum absolute atomic E-state index is 0.0947. The maximum absolute atomic E-state index is 13.7. The summed E-state index contributed by atoms with van der Waals surface area (Å²) in [6.07, 6.45) is 0. The molecule has 5 heteroatoms. The summed E-state index contributed by atoms with van der Waals surface area (Å²) in [5.41, 5.74) is 1.18. The SMILES string of the molecule is O=C(O)c1cc(F)c(NCc2ccccc2)cc1Br. The first-order valence-electron chi connectivity index (χ1n) is 5.58. The predicted molar refractivity (Wildman–Crippen MR) is 74.8 cm³/mol. The Morgan fingerprint density at radius 3 is 2.58 bits per heavy atom. The van der Waals surface area contributed by atoms with E-state index >= 15 is 0 Å². The highest BCUT2D eigenvalue weighted by molar-refractivity contribution is 9.10. The smallest absolute Gasteiger partial charge is 0.336 e. The van der Waals surface area contributed by atoms with Crippen LogP contribution in [0.5, 0.6) is 0 Å². The molecule has 2 rings (SSSR count). The van der Waals surface area contributed by atoms with Gasteiger partial charge >= 0.3 is 5.97 Å². The molecule has 0 amide bonds. The Labute approximate surface area is 118 Å². The lowest BCUT2D eigenvalue weighted by Crippen LogP contribution is -2.04. The fraction of sp³-hybridized carbons (Fsp3) is 0.0714. The molecule has 0 aliphatic rings. The lowest BCUT2D eigenvalue weighted by molar-refractivity contribution is 0.0695. The Morgan fingerprint density at radius 2 is 1.95 bits per heavy atom. The second-order valence-corrected chi connectivity index (χ2v) is 4.81. The molecule has 2 N–H and O–H groups in total. The molecule has 0 spiro atoms. The van der Waals surface area contributed by atoms with Gasteiger partial charge < -0.3 is 10.4 Å². The fourth-order valence-electron chi connectivity index (χ4n) is 1.64. The van der Waals surface area contributed by atoms with Gasteiger partial charge in [-0.1, -0.05) is 30.3 Å². The van der Waals surface area contributed by atoms with E-state index in [4.69, 9.17) is 5.11 Å². The first kappa shape index (κ1) is 13.5. The summed E-state index contributed by atoms with van der Waals surface area (Å²) in [5.74, 6) is -1.75. The summed E-state index contributed by atoms with van der Waals surface area (Å²) in [7, 11) is 0. The van der Waals surface area contributed by atoms with Gasteiger partial charge in [-0.25, -0.2) is 9.18 Å². The van der Waals surface area contributed by atoms with Crippen LogP contribution in [0.25, 0.3) is 0 Å². The maximum atomic E-state index is 13.7. The van der Waals surface area contributed by atoms with Gasteiger partial charge in [0.15, 0.2) is 0 Å². The van der Waals surface area contributed by atoms with Crippen molar-refractivity contribution < 1.29 is 14.3 Å². The molecule has 3 nitrogen and oxygen atoms in total. The van der Waals surface area contributed by atoms with Gasteiger partial charge in [-0.05, 0) is 33.6 Å². The Balaban J connectivity index is 2.17. The molecule has 0 saturated heterocycles. The topological polar surface area (TPSA) is 49.3 Å². The maximum Gasteiger partial charge on any atom is 0.336 e. The van der Waals surface area contributed by atoms with Crippen LogP contribution in [-0.2, 0) is 6.54 Å². The highest BCUT2D eigenvalue weighted by Gasteiger charge is 2.13. The third-order valence-corrected chi connectivity index (χ3v) is 3.27. The molecule has 0 aromatic heterocycles. The van der Waals surface area contributed by atoms with Crippen LogP contribution in [-0.4, -0.2) is 11.1 Å². The van der Waals surface area contributed by atoms with Crippen LogP contribution in [0.3, 0.4) is 0 Å². The van der Waals surface area contributed by atoms with Crippen molar-refractivity contribution in [3.8, 4) is 0 Å². The number of benzene rings is 2. The summed E-state index contributed by atoms with van der Waals surface area (Å²) >= 11 is 3.12. The molecular weight excluding hydrogens is 313 g/mol. The second kappa shape index (κ2) is 5.84.